The lowest BCUT2D eigenvalue weighted by molar-refractivity contribution is 0.0594. The summed E-state index contributed by atoms with van der Waals surface area (Å²) in [6.07, 6.45) is 1.49. The van der Waals surface area contributed by atoms with E-state index >= 15 is 0 Å². The highest BCUT2D eigenvalue weighted by Gasteiger charge is 2.08. The number of aromatic nitrogens is 1. The van der Waals surface area contributed by atoms with Crippen LogP contribution in [0.3, 0.4) is 0 Å². The van der Waals surface area contributed by atoms with Crippen molar-refractivity contribution in [2.75, 3.05) is 7.11 Å². The minimum Gasteiger partial charge on any atom is -0.464 e. The molecule has 0 aliphatic carbocycles. The van der Waals surface area contributed by atoms with Gasteiger partial charge in [-0.05, 0) is 35.4 Å². The summed E-state index contributed by atoms with van der Waals surface area (Å²) in [5.74, 6) is -0.831. The van der Waals surface area contributed by atoms with Gasteiger partial charge in [0, 0.05) is 6.20 Å². The van der Waals surface area contributed by atoms with Gasteiger partial charge in [0.05, 0.1) is 7.11 Å². The summed E-state index contributed by atoms with van der Waals surface area (Å²) in [6.45, 7) is 0. The second-order valence-electron chi connectivity index (χ2n) is 3.43. The predicted molar refractivity (Wildman–Crippen MR) is 61.0 cm³/mol. The van der Waals surface area contributed by atoms with E-state index in [4.69, 9.17) is 0 Å². The van der Waals surface area contributed by atoms with Crippen LogP contribution in [-0.4, -0.2) is 18.1 Å². The lowest BCUT2D eigenvalue weighted by atomic mass is 10.1. The molecule has 0 fully saturated rings. The molecule has 0 spiro atoms. The fourth-order valence-electron chi connectivity index (χ4n) is 1.49. The van der Waals surface area contributed by atoms with E-state index in [-0.39, 0.29) is 11.5 Å². The summed E-state index contributed by atoms with van der Waals surface area (Å²) in [6, 6.07) is 9.42. The highest BCUT2D eigenvalue weighted by Crippen LogP contribution is 2.20. The van der Waals surface area contributed by atoms with Crippen LogP contribution in [0.1, 0.15) is 10.5 Å². The van der Waals surface area contributed by atoms with E-state index in [0.29, 0.717) is 5.56 Å². The molecule has 0 bridgehead atoms. The average Bonchev–Trinajstić information content (AvgIpc) is 2.38. The molecular formula is C13H10FNO2. The zero-order valence-electron chi connectivity index (χ0n) is 9.18. The number of methoxy groups -OCH3 is 1. The van der Waals surface area contributed by atoms with Gasteiger partial charge in [-0.2, -0.15) is 0 Å². The van der Waals surface area contributed by atoms with Gasteiger partial charge in [0.1, 0.15) is 11.5 Å². The largest absolute Gasteiger partial charge is 0.464 e. The van der Waals surface area contributed by atoms with E-state index in [0.717, 1.165) is 5.56 Å². The molecule has 3 nitrogen and oxygen atoms in total. The Labute approximate surface area is 97.9 Å². The molecule has 0 N–H and O–H groups in total. The lowest BCUT2D eigenvalue weighted by Crippen LogP contribution is -2.03. The first-order valence-electron chi connectivity index (χ1n) is 5.01. The van der Waals surface area contributed by atoms with Crippen LogP contribution >= 0.6 is 0 Å². The maximum Gasteiger partial charge on any atom is 0.356 e. The molecule has 0 aliphatic rings. The first-order chi connectivity index (χ1) is 8.20. The normalized spacial score (nSPS) is 10.0. The van der Waals surface area contributed by atoms with Gasteiger partial charge in [0.2, 0.25) is 0 Å². The standard InChI is InChI=1S/C13H10FNO2/c1-17-13(16)12-8-10(5-6-15-12)9-3-2-4-11(14)7-9/h2-8H,1H3. The molecule has 0 saturated heterocycles. The number of halogens is 1. The van der Waals surface area contributed by atoms with Crippen LogP contribution in [0.2, 0.25) is 0 Å². The number of rotatable bonds is 2. The van der Waals surface area contributed by atoms with Gasteiger partial charge in [0.15, 0.2) is 0 Å². The van der Waals surface area contributed by atoms with Crippen LogP contribution in [0.4, 0.5) is 4.39 Å². The summed E-state index contributed by atoms with van der Waals surface area (Å²) >= 11 is 0. The Balaban J connectivity index is 2.43. The van der Waals surface area contributed by atoms with Gasteiger partial charge in [-0.1, -0.05) is 12.1 Å². The fourth-order valence-corrected chi connectivity index (χ4v) is 1.49. The molecule has 4 heteroatoms. The van der Waals surface area contributed by atoms with Gasteiger partial charge in [0.25, 0.3) is 0 Å². The number of esters is 1. The van der Waals surface area contributed by atoms with Crippen molar-refractivity contribution < 1.29 is 13.9 Å². The second kappa shape index (κ2) is 4.74. The Bertz CT molecular complexity index is 555. The van der Waals surface area contributed by atoms with E-state index in [1.165, 1.54) is 25.4 Å². The molecule has 1 aromatic heterocycles. The molecule has 0 amide bonds. The molecule has 0 saturated carbocycles. The summed E-state index contributed by atoms with van der Waals surface area (Å²) in [4.78, 5) is 15.2. The number of hydrogen-bond donors (Lipinski definition) is 0. The Morgan fingerprint density at radius 1 is 1.24 bits per heavy atom. The molecule has 1 aromatic carbocycles. The number of pyridine rings is 1. The Kier molecular flexibility index (Phi) is 3.14. The van der Waals surface area contributed by atoms with E-state index in [2.05, 4.69) is 9.72 Å². The molecule has 1 heterocycles. The minimum atomic E-state index is -0.511. The van der Waals surface area contributed by atoms with Crippen molar-refractivity contribution in [2.45, 2.75) is 0 Å². The summed E-state index contributed by atoms with van der Waals surface area (Å²) in [7, 11) is 1.29. The highest BCUT2D eigenvalue weighted by atomic mass is 19.1. The molecule has 2 aromatic rings. The zero-order valence-corrected chi connectivity index (χ0v) is 9.18. The smallest absolute Gasteiger partial charge is 0.356 e. The van der Waals surface area contributed by atoms with Crippen LogP contribution in [0, 0.1) is 5.82 Å². The monoisotopic (exact) mass is 231 g/mol. The number of carbonyl (C=O) groups is 1. The molecule has 0 atom stereocenters. The molecule has 0 radical (unpaired) electrons. The molecule has 86 valence electrons. The van der Waals surface area contributed by atoms with Gasteiger partial charge in [-0.3, -0.25) is 0 Å². The summed E-state index contributed by atoms with van der Waals surface area (Å²) < 4.78 is 17.6. The van der Waals surface area contributed by atoms with Crippen molar-refractivity contribution in [3.8, 4) is 11.1 Å². The van der Waals surface area contributed by atoms with Crippen molar-refractivity contribution in [2.24, 2.45) is 0 Å². The van der Waals surface area contributed by atoms with E-state index in [1.807, 2.05) is 0 Å². The molecular weight excluding hydrogens is 221 g/mol. The van der Waals surface area contributed by atoms with E-state index in [1.54, 1.807) is 24.3 Å². The predicted octanol–water partition coefficient (Wildman–Crippen LogP) is 2.67. The highest BCUT2D eigenvalue weighted by molar-refractivity contribution is 5.88. The maximum atomic E-state index is 13.1. The number of ether oxygens (including phenoxy) is 1. The number of nitrogens with zero attached hydrogens (tertiary/aromatic N) is 1. The van der Waals surface area contributed by atoms with Gasteiger partial charge in [-0.25, -0.2) is 14.2 Å². The molecule has 2 rings (SSSR count). The Morgan fingerprint density at radius 2 is 2.00 bits per heavy atom. The second-order valence-corrected chi connectivity index (χ2v) is 3.43. The first kappa shape index (κ1) is 11.3. The third-order valence-corrected chi connectivity index (χ3v) is 2.31. The Hall–Kier alpha value is -2.23. The maximum absolute atomic E-state index is 13.1. The molecule has 0 aliphatic heterocycles. The van der Waals surface area contributed by atoms with Crippen molar-refractivity contribution in [3.05, 3.63) is 54.1 Å². The van der Waals surface area contributed by atoms with Crippen molar-refractivity contribution >= 4 is 5.97 Å². The molecule has 0 unspecified atom stereocenters. The minimum absolute atomic E-state index is 0.203. The quantitative estimate of drug-likeness (QED) is 0.746. The van der Waals surface area contributed by atoms with Crippen molar-refractivity contribution in [3.63, 3.8) is 0 Å². The number of carbonyl (C=O) groups excluding carboxylic acids is 1. The number of hydrogen-bond acceptors (Lipinski definition) is 3. The Morgan fingerprint density at radius 3 is 2.71 bits per heavy atom. The first-order valence-corrected chi connectivity index (χ1v) is 5.01. The van der Waals surface area contributed by atoms with Crippen LogP contribution in [0.5, 0.6) is 0 Å². The van der Waals surface area contributed by atoms with Gasteiger partial charge in [-0.15, -0.1) is 0 Å². The molecule has 17 heavy (non-hydrogen) atoms. The van der Waals surface area contributed by atoms with Crippen LogP contribution in [0.15, 0.2) is 42.6 Å². The van der Waals surface area contributed by atoms with Crippen molar-refractivity contribution in [1.29, 1.82) is 0 Å². The average molecular weight is 231 g/mol. The summed E-state index contributed by atoms with van der Waals surface area (Å²) in [5.41, 5.74) is 1.62. The third-order valence-electron chi connectivity index (χ3n) is 2.31. The number of benzene rings is 1. The summed E-state index contributed by atoms with van der Waals surface area (Å²) in [5, 5.41) is 0. The van der Waals surface area contributed by atoms with Gasteiger partial charge < -0.3 is 4.74 Å². The van der Waals surface area contributed by atoms with E-state index < -0.39 is 5.97 Å². The SMILES string of the molecule is COC(=O)c1cc(-c2cccc(F)c2)ccn1. The van der Waals surface area contributed by atoms with Crippen molar-refractivity contribution in [1.82, 2.24) is 4.98 Å². The van der Waals surface area contributed by atoms with E-state index in [9.17, 15) is 9.18 Å². The van der Waals surface area contributed by atoms with Crippen LogP contribution in [0.25, 0.3) is 11.1 Å². The fraction of sp³-hybridized carbons (Fsp3) is 0.0769. The van der Waals surface area contributed by atoms with Crippen LogP contribution < -0.4 is 0 Å². The lowest BCUT2D eigenvalue weighted by Gasteiger charge is -2.03. The zero-order chi connectivity index (χ0) is 12.3. The van der Waals surface area contributed by atoms with Gasteiger partial charge >= 0.3 is 5.97 Å². The topological polar surface area (TPSA) is 39.2 Å². The third kappa shape index (κ3) is 2.47. The van der Waals surface area contributed by atoms with Crippen LogP contribution in [-0.2, 0) is 4.74 Å².